The predicted molar refractivity (Wildman–Crippen MR) is 73.3 cm³/mol. The van der Waals surface area contributed by atoms with Crippen LogP contribution >= 0.6 is 23.2 Å². The summed E-state index contributed by atoms with van der Waals surface area (Å²) in [5, 5.41) is 0.447. The van der Waals surface area contributed by atoms with E-state index in [1.54, 1.807) is 18.1 Å². The topological polar surface area (TPSA) is 51.0 Å². The van der Waals surface area contributed by atoms with Gasteiger partial charge in [-0.3, -0.25) is 4.79 Å². The third-order valence-corrected chi connectivity index (χ3v) is 3.38. The van der Waals surface area contributed by atoms with Crippen molar-refractivity contribution in [1.82, 2.24) is 19.4 Å². The number of rotatable bonds is 3. The molecule has 0 aliphatic rings. The number of halogens is 2. The van der Waals surface area contributed by atoms with Gasteiger partial charge in [0, 0.05) is 32.7 Å². The minimum absolute atomic E-state index is 0.185. The highest BCUT2D eigenvalue weighted by Gasteiger charge is 2.15. The van der Waals surface area contributed by atoms with Crippen molar-refractivity contribution < 1.29 is 4.79 Å². The maximum atomic E-state index is 12.2. The summed E-state index contributed by atoms with van der Waals surface area (Å²) in [7, 11) is 3.57. The molecule has 0 bridgehead atoms. The Labute approximate surface area is 120 Å². The highest BCUT2D eigenvalue weighted by Crippen LogP contribution is 2.20. The lowest BCUT2D eigenvalue weighted by Gasteiger charge is -2.16. The summed E-state index contributed by atoms with van der Waals surface area (Å²) in [6.45, 7) is 0.405. The van der Waals surface area contributed by atoms with E-state index in [0.29, 0.717) is 12.1 Å². The van der Waals surface area contributed by atoms with Crippen LogP contribution in [0.1, 0.15) is 16.2 Å². The molecule has 2 rings (SSSR count). The lowest BCUT2D eigenvalue weighted by molar-refractivity contribution is 0.0780. The van der Waals surface area contributed by atoms with Gasteiger partial charge in [0.25, 0.3) is 5.91 Å². The number of hydrogen-bond acceptors (Lipinski definition) is 3. The van der Waals surface area contributed by atoms with Crippen molar-refractivity contribution in [2.75, 3.05) is 7.05 Å². The molecule has 5 nitrogen and oxygen atoms in total. The average molecular weight is 299 g/mol. The number of aryl methyl sites for hydroxylation is 1. The molecule has 19 heavy (non-hydrogen) atoms. The van der Waals surface area contributed by atoms with Gasteiger partial charge in [0.1, 0.15) is 11.0 Å². The number of amides is 1. The monoisotopic (exact) mass is 298 g/mol. The van der Waals surface area contributed by atoms with E-state index in [-0.39, 0.29) is 16.1 Å². The van der Waals surface area contributed by atoms with Crippen LogP contribution in [0.4, 0.5) is 0 Å². The lowest BCUT2D eigenvalue weighted by atomic mass is 10.2. The van der Waals surface area contributed by atoms with Crippen LogP contribution in [0.2, 0.25) is 10.2 Å². The van der Waals surface area contributed by atoms with Crippen LogP contribution < -0.4 is 0 Å². The fourth-order valence-electron chi connectivity index (χ4n) is 1.59. The van der Waals surface area contributed by atoms with Crippen LogP contribution in [-0.2, 0) is 13.6 Å². The van der Waals surface area contributed by atoms with Gasteiger partial charge in [0.05, 0.1) is 17.1 Å². The molecule has 100 valence electrons. The Kier molecular flexibility index (Phi) is 4.07. The molecule has 0 radical (unpaired) electrons. The number of pyridine rings is 1. The van der Waals surface area contributed by atoms with E-state index in [9.17, 15) is 4.79 Å². The third-order valence-electron chi connectivity index (χ3n) is 2.69. The van der Waals surface area contributed by atoms with E-state index in [0.717, 1.165) is 5.82 Å². The molecule has 7 heteroatoms. The van der Waals surface area contributed by atoms with Gasteiger partial charge in [-0.1, -0.05) is 23.2 Å². The first-order chi connectivity index (χ1) is 8.99. The lowest BCUT2D eigenvalue weighted by Crippen LogP contribution is -2.27. The molecule has 0 aliphatic heterocycles. The molecule has 2 aromatic heterocycles. The van der Waals surface area contributed by atoms with Crippen molar-refractivity contribution in [2.24, 2.45) is 7.05 Å². The number of imidazole rings is 1. The molecule has 0 aromatic carbocycles. The molecule has 0 aliphatic carbocycles. The number of aromatic nitrogens is 3. The summed E-state index contributed by atoms with van der Waals surface area (Å²) < 4.78 is 1.86. The quantitative estimate of drug-likeness (QED) is 0.818. The minimum atomic E-state index is -0.186. The molecule has 0 N–H and O–H groups in total. The molecular formula is C12H12Cl2N4O. The van der Waals surface area contributed by atoms with E-state index < -0.39 is 0 Å². The molecule has 2 aromatic rings. The number of nitrogens with zero attached hydrogens (tertiary/aromatic N) is 4. The maximum absolute atomic E-state index is 12.2. The van der Waals surface area contributed by atoms with Gasteiger partial charge in [-0.05, 0) is 6.07 Å². The zero-order valence-electron chi connectivity index (χ0n) is 10.5. The Bertz CT molecular complexity index is 612. The standard InChI is InChI=1S/C12H12Cl2N4O/c1-17-4-3-15-10(17)7-18(2)12(19)8-5-9(13)11(14)16-6-8/h3-6H,7H2,1-2H3. The Morgan fingerprint density at radius 2 is 2.16 bits per heavy atom. The van der Waals surface area contributed by atoms with Crippen molar-refractivity contribution in [3.8, 4) is 0 Å². The number of carbonyl (C=O) groups excluding carboxylic acids is 1. The van der Waals surface area contributed by atoms with Gasteiger partial charge in [0.2, 0.25) is 0 Å². The smallest absolute Gasteiger partial charge is 0.255 e. The molecule has 0 fully saturated rings. The summed E-state index contributed by atoms with van der Waals surface area (Å²) in [4.78, 5) is 21.8. The van der Waals surface area contributed by atoms with Gasteiger partial charge in [-0.15, -0.1) is 0 Å². The maximum Gasteiger partial charge on any atom is 0.255 e. The largest absolute Gasteiger partial charge is 0.337 e. The Morgan fingerprint density at radius 1 is 1.42 bits per heavy atom. The second kappa shape index (κ2) is 5.59. The second-order valence-corrected chi connectivity index (χ2v) is 4.88. The normalized spacial score (nSPS) is 10.5. The van der Waals surface area contributed by atoms with E-state index in [2.05, 4.69) is 9.97 Å². The first kappa shape index (κ1) is 13.8. The fraction of sp³-hybridized carbons (Fsp3) is 0.250. The Balaban J connectivity index is 2.15. The van der Waals surface area contributed by atoms with E-state index in [1.807, 2.05) is 17.8 Å². The molecule has 0 unspecified atom stereocenters. The molecule has 0 atom stereocenters. The molecule has 2 heterocycles. The van der Waals surface area contributed by atoms with Crippen LogP contribution in [0.15, 0.2) is 24.7 Å². The van der Waals surface area contributed by atoms with Crippen LogP contribution in [0.5, 0.6) is 0 Å². The fourth-order valence-corrected chi connectivity index (χ4v) is 1.86. The van der Waals surface area contributed by atoms with Crippen LogP contribution in [0.25, 0.3) is 0 Å². The van der Waals surface area contributed by atoms with E-state index >= 15 is 0 Å². The number of hydrogen-bond donors (Lipinski definition) is 0. The van der Waals surface area contributed by atoms with Crippen molar-refractivity contribution >= 4 is 29.1 Å². The second-order valence-electron chi connectivity index (χ2n) is 4.11. The zero-order chi connectivity index (χ0) is 14.0. The van der Waals surface area contributed by atoms with E-state index in [4.69, 9.17) is 23.2 Å². The molecule has 1 amide bonds. The van der Waals surface area contributed by atoms with Gasteiger partial charge < -0.3 is 9.47 Å². The average Bonchev–Trinajstić information content (AvgIpc) is 2.77. The van der Waals surface area contributed by atoms with Gasteiger partial charge >= 0.3 is 0 Å². The summed E-state index contributed by atoms with van der Waals surface area (Å²) in [5.74, 6) is 0.609. The first-order valence-corrected chi connectivity index (χ1v) is 6.27. The van der Waals surface area contributed by atoms with Crippen LogP contribution in [0, 0.1) is 0 Å². The predicted octanol–water partition coefficient (Wildman–Crippen LogP) is 2.39. The summed E-state index contributed by atoms with van der Waals surface area (Å²) in [6, 6.07) is 1.51. The van der Waals surface area contributed by atoms with Crippen molar-refractivity contribution in [1.29, 1.82) is 0 Å². The third kappa shape index (κ3) is 3.05. The molecule has 0 spiro atoms. The first-order valence-electron chi connectivity index (χ1n) is 5.51. The summed E-state index contributed by atoms with van der Waals surface area (Å²) >= 11 is 11.6. The van der Waals surface area contributed by atoms with Gasteiger partial charge in [-0.25, -0.2) is 9.97 Å². The van der Waals surface area contributed by atoms with Gasteiger partial charge in [-0.2, -0.15) is 0 Å². The highest BCUT2D eigenvalue weighted by molar-refractivity contribution is 6.41. The SMILES string of the molecule is CN(Cc1nccn1C)C(=O)c1cnc(Cl)c(Cl)c1. The van der Waals surface area contributed by atoms with Crippen molar-refractivity contribution in [2.45, 2.75) is 6.54 Å². The summed E-state index contributed by atoms with van der Waals surface area (Å²) in [6.07, 6.45) is 4.92. The summed E-state index contributed by atoms with van der Waals surface area (Å²) in [5.41, 5.74) is 0.395. The molecule has 0 saturated heterocycles. The van der Waals surface area contributed by atoms with E-state index in [1.165, 1.54) is 12.3 Å². The van der Waals surface area contributed by atoms with Crippen LogP contribution in [-0.4, -0.2) is 32.4 Å². The Hall–Kier alpha value is -1.59. The number of carbonyl (C=O) groups is 1. The zero-order valence-corrected chi connectivity index (χ0v) is 12.0. The highest BCUT2D eigenvalue weighted by atomic mass is 35.5. The van der Waals surface area contributed by atoms with Gasteiger partial charge in [0.15, 0.2) is 0 Å². The molecular weight excluding hydrogens is 287 g/mol. The Morgan fingerprint density at radius 3 is 2.74 bits per heavy atom. The van der Waals surface area contributed by atoms with Crippen LogP contribution in [0.3, 0.4) is 0 Å². The molecule has 0 saturated carbocycles. The van der Waals surface area contributed by atoms with Crippen molar-refractivity contribution in [3.05, 3.63) is 46.2 Å². The van der Waals surface area contributed by atoms with Crippen molar-refractivity contribution in [3.63, 3.8) is 0 Å². The minimum Gasteiger partial charge on any atom is -0.337 e.